The van der Waals surface area contributed by atoms with Gasteiger partial charge in [0.25, 0.3) is 0 Å². The Balaban J connectivity index is 1.44. The van der Waals surface area contributed by atoms with E-state index >= 15 is 0 Å². The standard InChI is InChI=1S/C31H40F2N4O6/c1-4-29-34-10-12-36(29)11-5-15-42-28-16-23(6-9-27(28)41-3)18-35-13-14-37(30(38)19-40-2)21-31(39,20-35)22-43-24-7-8-25(32)26(33)17-24/h6-10,12,16-17,39H,4-5,11,13-15,18-22H2,1-3H3. The van der Waals surface area contributed by atoms with Crippen LogP contribution in [0.2, 0.25) is 0 Å². The Morgan fingerprint density at radius 1 is 1.05 bits per heavy atom. The van der Waals surface area contributed by atoms with E-state index in [4.69, 9.17) is 18.9 Å². The maximum absolute atomic E-state index is 13.7. The smallest absolute Gasteiger partial charge is 0.248 e. The van der Waals surface area contributed by atoms with E-state index in [0.29, 0.717) is 37.7 Å². The van der Waals surface area contributed by atoms with Crippen LogP contribution in [0.3, 0.4) is 0 Å². The minimum atomic E-state index is -1.50. The minimum Gasteiger partial charge on any atom is -0.493 e. The topological polar surface area (TPSA) is 98.5 Å². The molecule has 1 aliphatic heterocycles. The summed E-state index contributed by atoms with van der Waals surface area (Å²) in [6.45, 7) is 4.45. The average Bonchev–Trinajstić information content (AvgIpc) is 3.38. The van der Waals surface area contributed by atoms with Gasteiger partial charge in [0.15, 0.2) is 23.1 Å². The van der Waals surface area contributed by atoms with E-state index in [1.54, 1.807) is 13.3 Å². The van der Waals surface area contributed by atoms with E-state index in [0.717, 1.165) is 42.9 Å². The number of nitrogens with zero attached hydrogens (tertiary/aromatic N) is 4. The maximum atomic E-state index is 13.7. The van der Waals surface area contributed by atoms with Crippen LogP contribution in [0.5, 0.6) is 17.2 Å². The molecule has 4 rings (SSSR count). The molecular formula is C31H40F2N4O6. The second-order valence-electron chi connectivity index (χ2n) is 10.6. The van der Waals surface area contributed by atoms with Crippen molar-refractivity contribution in [1.29, 1.82) is 0 Å². The molecule has 2 aromatic carbocycles. The van der Waals surface area contributed by atoms with Crippen molar-refractivity contribution in [3.63, 3.8) is 0 Å². The predicted octanol–water partition coefficient (Wildman–Crippen LogP) is 3.30. The zero-order valence-electron chi connectivity index (χ0n) is 24.9. The van der Waals surface area contributed by atoms with Crippen LogP contribution in [-0.2, 0) is 29.0 Å². The fourth-order valence-corrected chi connectivity index (χ4v) is 5.15. The fourth-order valence-electron chi connectivity index (χ4n) is 5.15. The van der Waals surface area contributed by atoms with Crippen LogP contribution >= 0.6 is 0 Å². The fraction of sp³-hybridized carbons (Fsp3) is 0.484. The highest BCUT2D eigenvalue weighted by Gasteiger charge is 2.37. The number of hydrogen-bond donors (Lipinski definition) is 1. The maximum Gasteiger partial charge on any atom is 0.248 e. The molecule has 0 radical (unpaired) electrons. The minimum absolute atomic E-state index is 0.0109. The van der Waals surface area contributed by atoms with Gasteiger partial charge in [-0.25, -0.2) is 13.8 Å². The molecule has 1 atom stereocenters. The first-order chi connectivity index (χ1) is 20.7. The molecule has 3 aromatic rings. The summed E-state index contributed by atoms with van der Waals surface area (Å²) in [4.78, 5) is 20.6. The molecule has 0 spiro atoms. The van der Waals surface area contributed by atoms with Gasteiger partial charge in [-0.1, -0.05) is 13.0 Å². The van der Waals surface area contributed by atoms with E-state index in [2.05, 4.69) is 16.5 Å². The quantitative estimate of drug-likeness (QED) is 0.281. The van der Waals surface area contributed by atoms with E-state index in [1.807, 2.05) is 29.3 Å². The van der Waals surface area contributed by atoms with Crippen molar-refractivity contribution in [2.45, 2.75) is 38.5 Å². The monoisotopic (exact) mass is 602 g/mol. The van der Waals surface area contributed by atoms with Crippen LogP contribution in [-0.4, -0.2) is 96.2 Å². The highest BCUT2D eigenvalue weighted by atomic mass is 19.2. The zero-order valence-corrected chi connectivity index (χ0v) is 24.9. The molecule has 1 fully saturated rings. The Kier molecular flexibility index (Phi) is 11.3. The molecule has 1 aliphatic rings. The van der Waals surface area contributed by atoms with Crippen LogP contribution in [0.1, 0.15) is 24.7 Å². The van der Waals surface area contributed by atoms with Crippen molar-refractivity contribution >= 4 is 5.91 Å². The van der Waals surface area contributed by atoms with Crippen molar-refractivity contribution in [3.05, 3.63) is 71.8 Å². The lowest BCUT2D eigenvalue weighted by atomic mass is 10.0. The molecule has 10 nitrogen and oxygen atoms in total. The van der Waals surface area contributed by atoms with Crippen molar-refractivity contribution < 1.29 is 37.6 Å². The number of amides is 1. The third kappa shape index (κ3) is 8.88. The summed E-state index contributed by atoms with van der Waals surface area (Å²) in [5, 5.41) is 11.6. The number of aryl methyl sites for hydroxylation is 2. The first-order valence-corrected chi connectivity index (χ1v) is 14.3. The van der Waals surface area contributed by atoms with Crippen molar-refractivity contribution in [2.24, 2.45) is 0 Å². The summed E-state index contributed by atoms with van der Waals surface area (Å²) in [5.41, 5.74) is -0.569. The van der Waals surface area contributed by atoms with Crippen LogP contribution < -0.4 is 14.2 Å². The molecule has 2 heterocycles. The second-order valence-corrected chi connectivity index (χ2v) is 10.6. The number of hydrogen-bond acceptors (Lipinski definition) is 8. The predicted molar refractivity (Wildman–Crippen MR) is 155 cm³/mol. The molecule has 12 heteroatoms. The highest BCUT2D eigenvalue weighted by molar-refractivity contribution is 5.77. The summed E-state index contributed by atoms with van der Waals surface area (Å²) in [5.74, 6) is 0.0406. The van der Waals surface area contributed by atoms with Gasteiger partial charge in [0.1, 0.15) is 30.4 Å². The molecular weight excluding hydrogens is 562 g/mol. The lowest BCUT2D eigenvalue weighted by Crippen LogP contribution is -2.52. The summed E-state index contributed by atoms with van der Waals surface area (Å²) < 4.78 is 51.6. The number of carbonyl (C=O) groups excluding carboxylic acids is 1. The zero-order chi connectivity index (χ0) is 30.8. The van der Waals surface area contributed by atoms with Crippen LogP contribution in [0.25, 0.3) is 0 Å². The summed E-state index contributed by atoms with van der Waals surface area (Å²) in [6.07, 6.45) is 5.43. The summed E-state index contributed by atoms with van der Waals surface area (Å²) in [6, 6.07) is 8.88. The number of aromatic nitrogens is 2. The van der Waals surface area contributed by atoms with Crippen LogP contribution in [0.15, 0.2) is 48.8 Å². The Morgan fingerprint density at radius 3 is 2.63 bits per heavy atom. The number of methoxy groups -OCH3 is 2. The van der Waals surface area contributed by atoms with E-state index < -0.39 is 17.2 Å². The molecule has 1 saturated heterocycles. The van der Waals surface area contributed by atoms with Gasteiger partial charge in [0, 0.05) is 64.7 Å². The van der Waals surface area contributed by atoms with Crippen LogP contribution in [0, 0.1) is 11.6 Å². The number of carbonyl (C=O) groups is 1. The molecule has 1 amide bonds. The Hall–Kier alpha value is -3.74. The number of β-amino-alcohol motifs (C(OH)–C–C–N with tert-alkyl or cyclic N) is 1. The Bertz CT molecular complexity index is 1360. The molecule has 0 aliphatic carbocycles. The van der Waals surface area contributed by atoms with Crippen LogP contribution in [0.4, 0.5) is 8.78 Å². The molecule has 0 bridgehead atoms. The second kappa shape index (κ2) is 15.1. The van der Waals surface area contributed by atoms with Gasteiger partial charge in [-0.05, 0) is 36.2 Å². The van der Waals surface area contributed by atoms with E-state index in [1.165, 1.54) is 18.1 Å². The summed E-state index contributed by atoms with van der Waals surface area (Å²) in [7, 11) is 3.03. The largest absolute Gasteiger partial charge is 0.493 e. The third-order valence-electron chi connectivity index (χ3n) is 7.26. The normalized spacial score (nSPS) is 17.5. The van der Waals surface area contributed by atoms with Crippen molar-refractivity contribution in [2.75, 3.05) is 60.2 Å². The van der Waals surface area contributed by atoms with Gasteiger partial charge in [-0.3, -0.25) is 9.69 Å². The number of aliphatic hydroxyl groups is 1. The third-order valence-corrected chi connectivity index (χ3v) is 7.26. The molecule has 43 heavy (non-hydrogen) atoms. The molecule has 234 valence electrons. The molecule has 1 aromatic heterocycles. The average molecular weight is 603 g/mol. The number of benzene rings is 2. The van der Waals surface area contributed by atoms with E-state index in [9.17, 15) is 18.7 Å². The Labute approximate surface area is 250 Å². The van der Waals surface area contributed by atoms with Crippen molar-refractivity contribution in [3.8, 4) is 17.2 Å². The van der Waals surface area contributed by atoms with Gasteiger partial charge < -0.3 is 33.5 Å². The van der Waals surface area contributed by atoms with Gasteiger partial charge in [0.2, 0.25) is 5.91 Å². The number of halogens is 2. The SMILES string of the molecule is CCc1nccn1CCCOc1cc(CN2CCN(C(=O)COC)CC(O)(COc3ccc(F)c(F)c3)C2)ccc1OC. The molecule has 1 unspecified atom stereocenters. The molecule has 0 saturated carbocycles. The van der Waals surface area contributed by atoms with Gasteiger partial charge >= 0.3 is 0 Å². The number of rotatable bonds is 14. The first-order valence-electron chi connectivity index (χ1n) is 14.3. The summed E-state index contributed by atoms with van der Waals surface area (Å²) >= 11 is 0. The number of ether oxygens (including phenoxy) is 4. The highest BCUT2D eigenvalue weighted by Crippen LogP contribution is 2.29. The first kappa shape index (κ1) is 32.2. The van der Waals surface area contributed by atoms with Gasteiger partial charge in [-0.2, -0.15) is 0 Å². The number of imidazole rings is 1. The lowest BCUT2D eigenvalue weighted by Gasteiger charge is -2.33. The lowest BCUT2D eigenvalue weighted by molar-refractivity contribution is -0.138. The van der Waals surface area contributed by atoms with E-state index in [-0.39, 0.29) is 38.0 Å². The molecule has 1 N–H and O–H groups in total. The van der Waals surface area contributed by atoms with Gasteiger partial charge in [-0.15, -0.1) is 0 Å². The van der Waals surface area contributed by atoms with Gasteiger partial charge in [0.05, 0.1) is 20.3 Å². The van der Waals surface area contributed by atoms with Crippen molar-refractivity contribution in [1.82, 2.24) is 19.4 Å². The Morgan fingerprint density at radius 2 is 1.88 bits per heavy atom.